The first kappa shape index (κ1) is 18.9. The minimum Gasteiger partial charge on any atom is -0.471 e. The van der Waals surface area contributed by atoms with Crippen LogP contribution < -0.4 is 4.74 Å². The highest BCUT2D eigenvalue weighted by atomic mass is 19.4. The highest BCUT2D eigenvalue weighted by Gasteiger charge is 2.57. The number of rotatable bonds is 6. The van der Waals surface area contributed by atoms with E-state index in [0.717, 1.165) is 6.33 Å². The standard InChI is InChI=1S/C13H13F6N5O/c1-7(2)8-9(24-6-20-4-23-24)21-5-22-10(8)25-3-12(15,16)11(14)13(17,18)19/h4-7,11H,3H2,1-2H3. The molecule has 25 heavy (non-hydrogen) atoms. The van der Waals surface area contributed by atoms with Crippen LogP contribution >= 0.6 is 0 Å². The van der Waals surface area contributed by atoms with Gasteiger partial charge in [0.25, 0.3) is 6.17 Å². The third-order valence-electron chi connectivity index (χ3n) is 3.10. The maximum absolute atomic E-state index is 13.4. The van der Waals surface area contributed by atoms with E-state index in [2.05, 4.69) is 20.1 Å². The van der Waals surface area contributed by atoms with Crippen molar-refractivity contribution >= 4 is 0 Å². The number of aromatic nitrogens is 5. The highest BCUT2D eigenvalue weighted by molar-refractivity contribution is 5.41. The van der Waals surface area contributed by atoms with Gasteiger partial charge in [-0.15, -0.1) is 0 Å². The summed E-state index contributed by atoms with van der Waals surface area (Å²) in [6.07, 6.45) is -6.59. The van der Waals surface area contributed by atoms with Gasteiger partial charge in [0.05, 0.1) is 5.56 Å². The van der Waals surface area contributed by atoms with Gasteiger partial charge in [0, 0.05) is 0 Å². The molecule has 0 aromatic carbocycles. The topological polar surface area (TPSA) is 65.7 Å². The Morgan fingerprint density at radius 3 is 2.32 bits per heavy atom. The van der Waals surface area contributed by atoms with E-state index in [0.29, 0.717) is 0 Å². The van der Waals surface area contributed by atoms with Crippen molar-refractivity contribution in [3.05, 3.63) is 24.5 Å². The van der Waals surface area contributed by atoms with Crippen molar-refractivity contribution in [2.45, 2.75) is 38.0 Å². The quantitative estimate of drug-likeness (QED) is 0.732. The van der Waals surface area contributed by atoms with Crippen molar-refractivity contribution in [3.8, 4) is 11.7 Å². The summed E-state index contributed by atoms with van der Waals surface area (Å²) in [6, 6.07) is 0. The molecule has 0 aliphatic rings. The van der Waals surface area contributed by atoms with Crippen LogP contribution in [0.15, 0.2) is 19.0 Å². The molecule has 0 amide bonds. The Morgan fingerprint density at radius 2 is 1.80 bits per heavy atom. The molecule has 2 rings (SSSR count). The van der Waals surface area contributed by atoms with Gasteiger partial charge in [-0.05, 0) is 5.92 Å². The highest BCUT2D eigenvalue weighted by Crippen LogP contribution is 2.36. The SMILES string of the molecule is CC(C)c1c(OCC(F)(F)C(F)C(F)(F)F)ncnc1-n1cncn1. The van der Waals surface area contributed by atoms with Crippen LogP contribution in [0.3, 0.4) is 0 Å². The second kappa shape index (κ2) is 6.84. The van der Waals surface area contributed by atoms with Crippen LogP contribution in [0.25, 0.3) is 5.82 Å². The average Bonchev–Trinajstić information content (AvgIpc) is 3.05. The van der Waals surface area contributed by atoms with Gasteiger partial charge in [-0.2, -0.15) is 27.1 Å². The summed E-state index contributed by atoms with van der Waals surface area (Å²) in [5.41, 5.74) is 0.214. The molecular formula is C13H13F6N5O. The lowest BCUT2D eigenvalue weighted by Gasteiger charge is -2.23. The maximum atomic E-state index is 13.4. The van der Waals surface area contributed by atoms with Crippen LogP contribution in [0.5, 0.6) is 5.88 Å². The molecule has 12 heteroatoms. The van der Waals surface area contributed by atoms with E-state index < -0.39 is 24.9 Å². The molecule has 1 unspecified atom stereocenters. The van der Waals surface area contributed by atoms with Crippen LogP contribution in [0.1, 0.15) is 25.3 Å². The lowest BCUT2D eigenvalue weighted by molar-refractivity contribution is -0.250. The molecule has 6 nitrogen and oxygen atoms in total. The predicted octanol–water partition coefficient (Wildman–Crippen LogP) is 3.10. The predicted molar refractivity (Wildman–Crippen MR) is 72.4 cm³/mol. The van der Waals surface area contributed by atoms with E-state index in [1.807, 2.05) is 0 Å². The van der Waals surface area contributed by atoms with E-state index in [-0.39, 0.29) is 23.2 Å². The number of nitrogens with zero attached hydrogens (tertiary/aromatic N) is 5. The zero-order chi connectivity index (χ0) is 18.8. The largest absolute Gasteiger partial charge is 0.471 e. The molecule has 0 saturated heterocycles. The Bertz CT molecular complexity index is 703. The van der Waals surface area contributed by atoms with Gasteiger partial charge in [0.15, 0.2) is 12.4 Å². The third kappa shape index (κ3) is 4.17. The Labute approximate surface area is 137 Å². The van der Waals surface area contributed by atoms with Gasteiger partial charge in [-0.1, -0.05) is 13.8 Å². The molecule has 0 saturated carbocycles. The normalized spacial score (nSPS) is 14.0. The van der Waals surface area contributed by atoms with Gasteiger partial charge in [0.2, 0.25) is 5.88 Å². The fraction of sp³-hybridized carbons (Fsp3) is 0.538. The van der Waals surface area contributed by atoms with Crippen molar-refractivity contribution in [2.75, 3.05) is 6.61 Å². The summed E-state index contributed by atoms with van der Waals surface area (Å²) in [4.78, 5) is 11.3. The van der Waals surface area contributed by atoms with Crippen LogP contribution in [0.2, 0.25) is 0 Å². The fourth-order valence-electron chi connectivity index (χ4n) is 1.97. The van der Waals surface area contributed by atoms with E-state index in [1.54, 1.807) is 13.8 Å². The number of alkyl halides is 6. The molecule has 0 bridgehead atoms. The van der Waals surface area contributed by atoms with E-state index in [1.165, 1.54) is 17.3 Å². The van der Waals surface area contributed by atoms with Gasteiger partial charge in [0.1, 0.15) is 19.0 Å². The number of ether oxygens (including phenoxy) is 1. The van der Waals surface area contributed by atoms with E-state index >= 15 is 0 Å². The Morgan fingerprint density at radius 1 is 1.12 bits per heavy atom. The smallest absolute Gasteiger partial charge is 0.425 e. The Kier molecular flexibility index (Phi) is 5.18. The van der Waals surface area contributed by atoms with Crippen LogP contribution in [0, 0.1) is 0 Å². The van der Waals surface area contributed by atoms with Crippen molar-refractivity contribution in [1.29, 1.82) is 0 Å². The molecule has 1 atom stereocenters. The van der Waals surface area contributed by atoms with Gasteiger partial charge >= 0.3 is 12.1 Å². The summed E-state index contributed by atoms with van der Waals surface area (Å²) in [7, 11) is 0. The second-order valence-corrected chi connectivity index (χ2v) is 5.36. The number of hydrogen-bond donors (Lipinski definition) is 0. The minimum atomic E-state index is -5.70. The van der Waals surface area contributed by atoms with Crippen LogP contribution in [-0.4, -0.2) is 49.6 Å². The van der Waals surface area contributed by atoms with Gasteiger partial charge < -0.3 is 4.74 Å². The average molecular weight is 369 g/mol. The summed E-state index contributed by atoms with van der Waals surface area (Å²) in [5, 5.41) is 3.84. The van der Waals surface area contributed by atoms with Crippen molar-refractivity contribution < 1.29 is 31.1 Å². The number of hydrogen-bond acceptors (Lipinski definition) is 5. The van der Waals surface area contributed by atoms with Gasteiger partial charge in [-0.25, -0.2) is 24.0 Å². The molecule has 0 fully saturated rings. The first-order valence-electron chi connectivity index (χ1n) is 6.95. The molecule has 0 N–H and O–H groups in total. The van der Waals surface area contributed by atoms with Crippen molar-refractivity contribution in [2.24, 2.45) is 0 Å². The monoisotopic (exact) mass is 369 g/mol. The molecule has 2 heterocycles. The zero-order valence-electron chi connectivity index (χ0n) is 13.0. The fourth-order valence-corrected chi connectivity index (χ4v) is 1.97. The Hall–Kier alpha value is -2.40. The summed E-state index contributed by atoms with van der Waals surface area (Å²) in [6.45, 7) is 1.50. The molecule has 0 spiro atoms. The molecular weight excluding hydrogens is 356 g/mol. The molecule has 0 aliphatic heterocycles. The van der Waals surface area contributed by atoms with E-state index in [4.69, 9.17) is 4.74 Å². The third-order valence-corrected chi connectivity index (χ3v) is 3.10. The molecule has 0 aliphatic carbocycles. The zero-order valence-corrected chi connectivity index (χ0v) is 13.0. The molecule has 138 valence electrons. The van der Waals surface area contributed by atoms with Crippen molar-refractivity contribution in [3.63, 3.8) is 0 Å². The lowest BCUT2D eigenvalue weighted by Crippen LogP contribution is -2.45. The molecule has 2 aromatic heterocycles. The second-order valence-electron chi connectivity index (χ2n) is 5.36. The summed E-state index contributed by atoms with van der Waals surface area (Å²) in [5.74, 6) is -5.35. The minimum absolute atomic E-state index is 0.161. The van der Waals surface area contributed by atoms with E-state index in [9.17, 15) is 26.3 Å². The van der Waals surface area contributed by atoms with Gasteiger partial charge in [-0.3, -0.25) is 0 Å². The number of halogens is 6. The maximum Gasteiger partial charge on any atom is 0.425 e. The summed E-state index contributed by atoms with van der Waals surface area (Å²) >= 11 is 0. The lowest BCUT2D eigenvalue weighted by atomic mass is 10.1. The summed E-state index contributed by atoms with van der Waals surface area (Å²) < 4.78 is 82.2. The first-order valence-corrected chi connectivity index (χ1v) is 6.95. The first-order chi connectivity index (χ1) is 11.5. The van der Waals surface area contributed by atoms with Crippen molar-refractivity contribution in [1.82, 2.24) is 24.7 Å². The molecule has 0 radical (unpaired) electrons. The van der Waals surface area contributed by atoms with Crippen LogP contribution in [0.4, 0.5) is 26.3 Å². The van der Waals surface area contributed by atoms with Crippen LogP contribution in [-0.2, 0) is 0 Å². The Balaban J connectivity index is 2.30. The molecule has 2 aromatic rings.